The lowest BCUT2D eigenvalue weighted by Gasteiger charge is -2.33. The van der Waals surface area contributed by atoms with E-state index in [1.165, 1.54) is 0 Å². The minimum absolute atomic E-state index is 0.0220. The van der Waals surface area contributed by atoms with Crippen LogP contribution in [0.15, 0.2) is 12.2 Å². The van der Waals surface area contributed by atoms with Crippen LogP contribution in [0.25, 0.3) is 0 Å². The summed E-state index contributed by atoms with van der Waals surface area (Å²) in [5.41, 5.74) is 0.993. The number of halogens is 1. The van der Waals surface area contributed by atoms with Crippen molar-refractivity contribution in [2.45, 2.75) is 49.2 Å². The second-order valence-electron chi connectivity index (χ2n) is 4.39. The molecule has 1 N–H and O–H groups in total. The monoisotopic (exact) mass is 262 g/mol. The zero-order valence-electron chi connectivity index (χ0n) is 8.37. The summed E-state index contributed by atoms with van der Waals surface area (Å²) in [4.78, 5) is 0.0220. The minimum Gasteiger partial charge on any atom is -0.389 e. The van der Waals surface area contributed by atoms with Gasteiger partial charge in [0, 0.05) is 4.83 Å². The Morgan fingerprint density at radius 1 is 1.50 bits per heavy atom. The number of hydrogen-bond donors (Lipinski definition) is 1. The van der Waals surface area contributed by atoms with Gasteiger partial charge in [-0.1, -0.05) is 22.5 Å². The lowest BCUT2D eigenvalue weighted by atomic mass is 9.88. The Bertz CT molecular complexity index is 264. The van der Waals surface area contributed by atoms with Crippen molar-refractivity contribution in [2.24, 2.45) is 0 Å². The van der Waals surface area contributed by atoms with Gasteiger partial charge in [0.25, 0.3) is 0 Å². The van der Waals surface area contributed by atoms with Crippen molar-refractivity contribution in [3.63, 3.8) is 0 Å². The molecule has 0 aromatic heterocycles. The summed E-state index contributed by atoms with van der Waals surface area (Å²) in [5, 5.41) is 9.90. The highest BCUT2D eigenvalue weighted by Gasteiger charge is 2.50. The predicted octanol–water partition coefficient (Wildman–Crippen LogP) is 1.59. The molecule has 14 heavy (non-hydrogen) atoms. The Kier molecular flexibility index (Phi) is 2.50. The SMILES string of the molecule is C=C1C[C@H](Br)[C@H](O)[C@H]2OC(C)(C)O[C@@H]12. The lowest BCUT2D eigenvalue weighted by molar-refractivity contribution is -0.152. The summed E-state index contributed by atoms with van der Waals surface area (Å²) in [6.45, 7) is 7.67. The fraction of sp³-hybridized carbons (Fsp3) is 0.800. The molecular formula is C10H15BrO3. The number of fused-ring (bicyclic) bond motifs is 1. The predicted molar refractivity (Wildman–Crippen MR) is 56.3 cm³/mol. The van der Waals surface area contributed by atoms with Crippen molar-refractivity contribution in [1.29, 1.82) is 0 Å². The Morgan fingerprint density at radius 2 is 2.14 bits per heavy atom. The first-order valence-electron chi connectivity index (χ1n) is 4.76. The second kappa shape index (κ2) is 3.30. The molecule has 1 saturated carbocycles. The molecule has 0 bridgehead atoms. The molecule has 0 unspecified atom stereocenters. The fourth-order valence-corrected chi connectivity index (χ4v) is 2.76. The smallest absolute Gasteiger partial charge is 0.164 e. The molecule has 0 radical (unpaired) electrons. The maximum atomic E-state index is 9.90. The van der Waals surface area contributed by atoms with Gasteiger partial charge in [-0.05, 0) is 25.8 Å². The van der Waals surface area contributed by atoms with Crippen molar-refractivity contribution in [1.82, 2.24) is 0 Å². The number of ether oxygens (including phenoxy) is 2. The third kappa shape index (κ3) is 1.65. The Hall–Kier alpha value is 0.1000. The van der Waals surface area contributed by atoms with Gasteiger partial charge in [-0.15, -0.1) is 0 Å². The highest BCUT2D eigenvalue weighted by Crippen LogP contribution is 2.40. The minimum atomic E-state index is -0.615. The molecule has 4 heteroatoms. The summed E-state index contributed by atoms with van der Waals surface area (Å²) in [6, 6.07) is 0. The van der Waals surface area contributed by atoms with E-state index in [1.54, 1.807) is 0 Å². The molecule has 0 aromatic rings. The summed E-state index contributed by atoms with van der Waals surface area (Å²) in [7, 11) is 0. The zero-order chi connectivity index (χ0) is 10.5. The van der Waals surface area contributed by atoms with E-state index in [-0.39, 0.29) is 17.0 Å². The first kappa shape index (κ1) is 10.6. The van der Waals surface area contributed by atoms with Gasteiger partial charge < -0.3 is 14.6 Å². The topological polar surface area (TPSA) is 38.7 Å². The number of rotatable bonds is 0. The average molecular weight is 263 g/mol. The molecule has 1 saturated heterocycles. The van der Waals surface area contributed by atoms with Crippen molar-refractivity contribution in [2.75, 3.05) is 0 Å². The fourth-order valence-electron chi connectivity index (χ4n) is 2.05. The van der Waals surface area contributed by atoms with Crippen LogP contribution in [-0.2, 0) is 9.47 Å². The Labute approximate surface area is 92.2 Å². The van der Waals surface area contributed by atoms with E-state index in [1.807, 2.05) is 13.8 Å². The van der Waals surface area contributed by atoms with Crippen molar-refractivity contribution >= 4 is 15.9 Å². The molecule has 1 heterocycles. The Balaban J connectivity index is 2.22. The highest BCUT2D eigenvalue weighted by molar-refractivity contribution is 9.09. The van der Waals surface area contributed by atoms with Crippen molar-refractivity contribution < 1.29 is 14.6 Å². The molecule has 0 aromatic carbocycles. The molecule has 1 aliphatic heterocycles. The van der Waals surface area contributed by atoms with Gasteiger partial charge in [-0.3, -0.25) is 0 Å². The van der Waals surface area contributed by atoms with Crippen LogP contribution in [0.1, 0.15) is 20.3 Å². The maximum absolute atomic E-state index is 9.90. The quantitative estimate of drug-likeness (QED) is 0.533. The van der Waals surface area contributed by atoms with Gasteiger partial charge in [-0.2, -0.15) is 0 Å². The number of aliphatic hydroxyl groups excluding tert-OH is 1. The van der Waals surface area contributed by atoms with Gasteiger partial charge in [0.2, 0.25) is 0 Å². The standard InChI is InChI=1S/C10H15BrO3/c1-5-4-6(11)7(12)9-8(5)13-10(2,3)14-9/h6-9,12H,1,4H2,2-3H3/t6-,7-,8-,9+/m0/s1. The summed E-state index contributed by atoms with van der Waals surface area (Å²) >= 11 is 3.42. The van der Waals surface area contributed by atoms with Gasteiger partial charge >= 0.3 is 0 Å². The van der Waals surface area contributed by atoms with Crippen LogP contribution in [0.4, 0.5) is 0 Å². The lowest BCUT2D eigenvalue weighted by Crippen LogP contribution is -2.46. The molecule has 3 nitrogen and oxygen atoms in total. The molecule has 1 aliphatic carbocycles. The third-order valence-electron chi connectivity index (χ3n) is 2.70. The highest BCUT2D eigenvalue weighted by atomic mass is 79.9. The van der Waals surface area contributed by atoms with Crippen LogP contribution < -0.4 is 0 Å². The van der Waals surface area contributed by atoms with E-state index >= 15 is 0 Å². The van der Waals surface area contributed by atoms with Gasteiger partial charge in [0.05, 0.1) is 6.10 Å². The zero-order valence-corrected chi connectivity index (χ0v) is 9.95. The van der Waals surface area contributed by atoms with Crippen molar-refractivity contribution in [3.05, 3.63) is 12.2 Å². The van der Waals surface area contributed by atoms with E-state index in [4.69, 9.17) is 9.47 Å². The van der Waals surface area contributed by atoms with Crippen molar-refractivity contribution in [3.8, 4) is 0 Å². The van der Waals surface area contributed by atoms with Crippen LogP contribution in [0.3, 0.4) is 0 Å². The first-order chi connectivity index (χ1) is 6.41. The number of alkyl halides is 1. The van der Waals surface area contributed by atoms with E-state index in [0.29, 0.717) is 0 Å². The van der Waals surface area contributed by atoms with Gasteiger partial charge in [0.1, 0.15) is 12.2 Å². The average Bonchev–Trinajstić information content (AvgIpc) is 2.38. The molecular weight excluding hydrogens is 248 g/mol. The molecule has 2 aliphatic rings. The van der Waals surface area contributed by atoms with E-state index in [0.717, 1.165) is 12.0 Å². The van der Waals surface area contributed by atoms with Gasteiger partial charge in [0.15, 0.2) is 5.79 Å². The summed E-state index contributed by atoms with van der Waals surface area (Å²) in [5.74, 6) is -0.615. The molecule has 2 rings (SSSR count). The third-order valence-corrected chi connectivity index (χ3v) is 3.56. The number of aliphatic hydroxyl groups is 1. The van der Waals surface area contributed by atoms with Crippen LogP contribution in [0.5, 0.6) is 0 Å². The first-order valence-corrected chi connectivity index (χ1v) is 5.68. The van der Waals surface area contributed by atoms with Gasteiger partial charge in [-0.25, -0.2) is 0 Å². The number of hydrogen-bond acceptors (Lipinski definition) is 3. The van der Waals surface area contributed by atoms with Crippen LogP contribution in [0.2, 0.25) is 0 Å². The second-order valence-corrected chi connectivity index (χ2v) is 5.57. The van der Waals surface area contributed by atoms with E-state index in [9.17, 15) is 5.11 Å². The normalized spacial score (nSPS) is 46.4. The molecule has 2 fully saturated rings. The molecule has 80 valence electrons. The van der Waals surface area contributed by atoms with E-state index < -0.39 is 11.9 Å². The maximum Gasteiger partial charge on any atom is 0.164 e. The van der Waals surface area contributed by atoms with Crippen LogP contribution >= 0.6 is 15.9 Å². The van der Waals surface area contributed by atoms with Crippen LogP contribution in [-0.4, -0.2) is 34.0 Å². The molecule has 4 atom stereocenters. The molecule has 0 amide bonds. The summed E-state index contributed by atoms with van der Waals surface area (Å²) in [6.07, 6.45) is -0.224. The largest absolute Gasteiger partial charge is 0.389 e. The summed E-state index contributed by atoms with van der Waals surface area (Å²) < 4.78 is 11.3. The molecule has 0 spiro atoms. The Morgan fingerprint density at radius 3 is 2.79 bits per heavy atom. The van der Waals surface area contributed by atoms with Crippen LogP contribution in [0, 0.1) is 0 Å². The van der Waals surface area contributed by atoms with E-state index in [2.05, 4.69) is 22.5 Å².